The zero-order valence-corrected chi connectivity index (χ0v) is 7.17. The van der Waals surface area contributed by atoms with Crippen molar-refractivity contribution < 1.29 is 0 Å². The van der Waals surface area contributed by atoms with Crippen LogP contribution in [0.4, 0.5) is 0 Å². The number of nitrogens with two attached hydrogens (primary N) is 1. The van der Waals surface area contributed by atoms with Gasteiger partial charge in [-0.1, -0.05) is 44.2 Å². The van der Waals surface area contributed by atoms with Crippen molar-refractivity contribution in [3.63, 3.8) is 0 Å². The van der Waals surface area contributed by atoms with Gasteiger partial charge in [0.15, 0.2) is 0 Å². The highest BCUT2D eigenvalue weighted by atomic mass is 14.6. The Labute approximate surface area is 68.2 Å². The summed E-state index contributed by atoms with van der Waals surface area (Å²) in [5.74, 6) is 0. The van der Waals surface area contributed by atoms with Gasteiger partial charge in [-0.05, 0) is 5.56 Å². The lowest BCUT2D eigenvalue weighted by atomic mass is 9.85. The van der Waals surface area contributed by atoms with Gasteiger partial charge in [-0.2, -0.15) is 0 Å². The fraction of sp³-hybridized carbons (Fsp3) is 0.400. The second-order valence-corrected chi connectivity index (χ2v) is 3.45. The first kappa shape index (κ1) is 8.28. The van der Waals surface area contributed by atoms with Crippen molar-refractivity contribution in [2.75, 3.05) is 6.54 Å². The highest BCUT2D eigenvalue weighted by molar-refractivity contribution is 5.23. The minimum absolute atomic E-state index is 0.112. The summed E-state index contributed by atoms with van der Waals surface area (Å²) in [6.45, 7) is 5.00. The summed E-state index contributed by atoms with van der Waals surface area (Å²) in [5, 5.41) is 0. The van der Waals surface area contributed by atoms with Crippen molar-refractivity contribution in [2.24, 2.45) is 5.73 Å². The van der Waals surface area contributed by atoms with Gasteiger partial charge in [-0.25, -0.2) is 0 Å². The molecule has 0 spiro atoms. The molecular weight excluding hydrogens is 134 g/mol. The van der Waals surface area contributed by atoms with Crippen molar-refractivity contribution in [3.8, 4) is 0 Å². The van der Waals surface area contributed by atoms with Crippen molar-refractivity contribution in [1.82, 2.24) is 0 Å². The van der Waals surface area contributed by atoms with E-state index in [1.54, 1.807) is 0 Å². The fourth-order valence-electron chi connectivity index (χ4n) is 1.01. The fourth-order valence-corrected chi connectivity index (χ4v) is 1.01. The van der Waals surface area contributed by atoms with E-state index in [0.717, 1.165) is 0 Å². The zero-order valence-electron chi connectivity index (χ0n) is 7.17. The molecule has 0 aliphatic rings. The molecule has 0 atom stereocenters. The summed E-state index contributed by atoms with van der Waals surface area (Å²) < 4.78 is 0. The average molecular weight is 149 g/mol. The Morgan fingerprint density at radius 3 is 2.18 bits per heavy atom. The molecular formula is C10H15N. The lowest BCUT2D eigenvalue weighted by molar-refractivity contribution is 0.539. The molecule has 0 aromatic heterocycles. The molecule has 0 radical (unpaired) electrons. The van der Waals surface area contributed by atoms with Crippen LogP contribution in [-0.4, -0.2) is 6.54 Å². The minimum atomic E-state index is 0.112. The second kappa shape index (κ2) is 3.05. The maximum absolute atomic E-state index is 5.64. The molecule has 1 aromatic carbocycles. The molecule has 0 saturated heterocycles. The molecule has 11 heavy (non-hydrogen) atoms. The lowest BCUT2D eigenvalue weighted by Gasteiger charge is -2.22. The van der Waals surface area contributed by atoms with Crippen LogP contribution in [0.15, 0.2) is 30.3 Å². The first-order chi connectivity index (χ1) is 5.17. The van der Waals surface area contributed by atoms with Crippen molar-refractivity contribution in [3.05, 3.63) is 35.9 Å². The van der Waals surface area contributed by atoms with E-state index < -0.39 is 0 Å². The van der Waals surface area contributed by atoms with Gasteiger partial charge in [-0.3, -0.25) is 0 Å². The predicted molar refractivity (Wildman–Crippen MR) is 48.5 cm³/mol. The van der Waals surface area contributed by atoms with E-state index in [-0.39, 0.29) is 5.41 Å². The van der Waals surface area contributed by atoms with Gasteiger partial charge < -0.3 is 5.73 Å². The maximum Gasteiger partial charge on any atom is 0.00190 e. The standard InChI is InChI=1S/C10H15N/c1-10(2,8-11)9-6-4-3-5-7-9/h3-7H,8,11H2,1-2H3. The maximum atomic E-state index is 5.64. The van der Waals surface area contributed by atoms with E-state index in [1.165, 1.54) is 5.56 Å². The van der Waals surface area contributed by atoms with E-state index >= 15 is 0 Å². The van der Waals surface area contributed by atoms with Crippen LogP contribution in [0.3, 0.4) is 0 Å². The van der Waals surface area contributed by atoms with Crippen LogP contribution in [0, 0.1) is 0 Å². The van der Waals surface area contributed by atoms with Gasteiger partial charge >= 0.3 is 0 Å². The van der Waals surface area contributed by atoms with Gasteiger partial charge in [0.25, 0.3) is 0 Å². The third-order valence-electron chi connectivity index (χ3n) is 2.07. The molecule has 1 nitrogen and oxygen atoms in total. The van der Waals surface area contributed by atoms with Gasteiger partial charge in [0, 0.05) is 12.0 Å². The summed E-state index contributed by atoms with van der Waals surface area (Å²) in [7, 11) is 0. The summed E-state index contributed by atoms with van der Waals surface area (Å²) in [5.41, 5.74) is 7.06. The zero-order chi connectivity index (χ0) is 8.32. The molecule has 0 fully saturated rings. The van der Waals surface area contributed by atoms with Crippen LogP contribution in [-0.2, 0) is 5.41 Å². The normalized spacial score (nSPS) is 11.5. The highest BCUT2D eigenvalue weighted by Gasteiger charge is 2.16. The summed E-state index contributed by atoms with van der Waals surface area (Å²) in [6.07, 6.45) is 0. The Balaban J connectivity index is 2.93. The van der Waals surface area contributed by atoms with E-state index in [9.17, 15) is 0 Å². The molecule has 0 bridgehead atoms. The topological polar surface area (TPSA) is 26.0 Å². The number of hydrogen-bond acceptors (Lipinski definition) is 1. The predicted octanol–water partition coefficient (Wildman–Crippen LogP) is 1.92. The van der Waals surface area contributed by atoms with E-state index in [1.807, 2.05) is 18.2 Å². The van der Waals surface area contributed by atoms with Crippen LogP contribution in [0.5, 0.6) is 0 Å². The van der Waals surface area contributed by atoms with Gasteiger partial charge in [0.2, 0.25) is 0 Å². The molecule has 0 amide bonds. The number of benzene rings is 1. The van der Waals surface area contributed by atoms with Crippen LogP contribution >= 0.6 is 0 Å². The van der Waals surface area contributed by atoms with Crippen molar-refractivity contribution >= 4 is 0 Å². The van der Waals surface area contributed by atoms with Gasteiger partial charge in [-0.15, -0.1) is 0 Å². The monoisotopic (exact) mass is 149 g/mol. The van der Waals surface area contributed by atoms with Gasteiger partial charge in [0.05, 0.1) is 0 Å². The smallest absolute Gasteiger partial charge is 0.00190 e. The Kier molecular flexibility index (Phi) is 2.30. The van der Waals surface area contributed by atoms with Crippen LogP contribution < -0.4 is 5.73 Å². The van der Waals surface area contributed by atoms with Crippen molar-refractivity contribution in [2.45, 2.75) is 19.3 Å². The summed E-state index contributed by atoms with van der Waals surface area (Å²) >= 11 is 0. The molecule has 1 rings (SSSR count). The molecule has 0 aliphatic heterocycles. The van der Waals surface area contributed by atoms with Crippen LogP contribution in [0.2, 0.25) is 0 Å². The largest absolute Gasteiger partial charge is 0.330 e. The Bertz CT molecular complexity index is 214. The first-order valence-corrected chi connectivity index (χ1v) is 3.92. The molecule has 60 valence electrons. The summed E-state index contributed by atoms with van der Waals surface area (Å²) in [4.78, 5) is 0. The third-order valence-corrected chi connectivity index (χ3v) is 2.07. The van der Waals surface area contributed by atoms with Crippen LogP contribution in [0.1, 0.15) is 19.4 Å². The number of rotatable bonds is 2. The van der Waals surface area contributed by atoms with E-state index in [2.05, 4.69) is 26.0 Å². The Hall–Kier alpha value is -0.820. The first-order valence-electron chi connectivity index (χ1n) is 3.92. The highest BCUT2D eigenvalue weighted by Crippen LogP contribution is 2.20. The van der Waals surface area contributed by atoms with E-state index in [4.69, 9.17) is 5.73 Å². The quantitative estimate of drug-likeness (QED) is 0.683. The third kappa shape index (κ3) is 1.81. The molecule has 0 saturated carbocycles. The molecule has 0 heterocycles. The molecule has 2 N–H and O–H groups in total. The Morgan fingerprint density at radius 1 is 1.18 bits per heavy atom. The minimum Gasteiger partial charge on any atom is -0.330 e. The molecule has 0 unspecified atom stereocenters. The SMILES string of the molecule is CC(C)(CN)c1ccccc1. The molecule has 1 heteroatoms. The molecule has 0 aliphatic carbocycles. The Morgan fingerprint density at radius 2 is 1.73 bits per heavy atom. The molecule has 1 aromatic rings. The average Bonchev–Trinajstić information content (AvgIpc) is 2.06. The lowest BCUT2D eigenvalue weighted by Crippen LogP contribution is -2.27. The summed E-state index contributed by atoms with van der Waals surface area (Å²) in [6, 6.07) is 10.4. The van der Waals surface area contributed by atoms with Crippen LogP contribution in [0.25, 0.3) is 0 Å². The van der Waals surface area contributed by atoms with E-state index in [0.29, 0.717) is 6.54 Å². The number of hydrogen-bond donors (Lipinski definition) is 1. The van der Waals surface area contributed by atoms with Gasteiger partial charge in [0.1, 0.15) is 0 Å². The second-order valence-electron chi connectivity index (χ2n) is 3.45. The van der Waals surface area contributed by atoms with Crippen molar-refractivity contribution in [1.29, 1.82) is 0 Å².